The van der Waals surface area contributed by atoms with Crippen LogP contribution in [0, 0.1) is 21.4 Å². The number of halogens is 1. The first-order chi connectivity index (χ1) is 8.16. The van der Waals surface area contributed by atoms with Gasteiger partial charge in [-0.3, -0.25) is 10.1 Å². The molecular weight excluding hydrogens is 288 g/mol. The summed E-state index contributed by atoms with van der Waals surface area (Å²) in [7, 11) is 0. The Morgan fingerprint density at radius 1 is 1.47 bits per heavy atom. The van der Waals surface area contributed by atoms with Crippen molar-refractivity contribution < 1.29 is 9.66 Å². The fourth-order valence-corrected chi connectivity index (χ4v) is 1.73. The average molecular weight is 299 g/mol. The number of nitrogens with zero attached hydrogens (tertiary/aromatic N) is 2. The molecule has 90 valence electrons. The second-order valence-corrected chi connectivity index (χ2v) is 4.16. The summed E-state index contributed by atoms with van der Waals surface area (Å²) in [5.41, 5.74) is -0.0559. The van der Waals surface area contributed by atoms with E-state index in [9.17, 15) is 10.1 Å². The van der Waals surface area contributed by atoms with Gasteiger partial charge in [0, 0.05) is 12.5 Å². The molecule has 17 heavy (non-hydrogen) atoms. The average Bonchev–Trinajstić information content (AvgIpc) is 2.30. The molecule has 1 aromatic rings. The molecule has 0 aromatic heterocycles. The molecule has 0 bridgehead atoms. The fraction of sp³-hybridized carbons (Fsp3) is 0.364. The molecule has 6 heteroatoms. The Morgan fingerprint density at radius 2 is 2.24 bits per heavy atom. The molecule has 0 spiro atoms. The lowest BCUT2D eigenvalue weighted by molar-refractivity contribution is -0.386. The molecule has 0 fully saturated rings. The molecule has 0 atom stereocenters. The summed E-state index contributed by atoms with van der Waals surface area (Å²) in [6, 6.07) is 6.71. The van der Waals surface area contributed by atoms with E-state index in [0.29, 0.717) is 23.9 Å². The fourth-order valence-electron chi connectivity index (χ4n) is 1.26. The van der Waals surface area contributed by atoms with E-state index in [-0.39, 0.29) is 11.4 Å². The van der Waals surface area contributed by atoms with Crippen molar-refractivity contribution in [3.8, 4) is 11.8 Å². The quantitative estimate of drug-likeness (QED) is 0.458. The van der Waals surface area contributed by atoms with Crippen molar-refractivity contribution in [2.24, 2.45) is 0 Å². The number of para-hydroxylation sites is 1. The Hall–Kier alpha value is -1.61. The summed E-state index contributed by atoms with van der Waals surface area (Å²) in [4.78, 5) is 10.3. The van der Waals surface area contributed by atoms with Gasteiger partial charge in [-0.25, -0.2) is 0 Å². The topological polar surface area (TPSA) is 76.2 Å². The van der Waals surface area contributed by atoms with Crippen LogP contribution in [0.5, 0.6) is 5.75 Å². The number of ether oxygens (including phenoxy) is 1. The first-order valence-corrected chi connectivity index (χ1v) is 5.88. The lowest BCUT2D eigenvalue weighted by atomic mass is 10.2. The molecule has 0 heterocycles. The molecule has 0 radical (unpaired) electrons. The molecule has 1 aromatic carbocycles. The highest BCUT2D eigenvalue weighted by atomic mass is 79.9. The summed E-state index contributed by atoms with van der Waals surface area (Å²) in [6.45, 7) is 0.366. The third kappa shape index (κ3) is 4.04. The van der Waals surface area contributed by atoms with Crippen molar-refractivity contribution in [2.75, 3.05) is 6.61 Å². The molecule has 0 N–H and O–H groups in total. The third-order valence-corrected chi connectivity index (χ3v) is 2.70. The van der Waals surface area contributed by atoms with E-state index >= 15 is 0 Å². The number of unbranched alkanes of at least 4 members (excludes halogenated alkanes) is 2. The van der Waals surface area contributed by atoms with Crippen molar-refractivity contribution in [3.63, 3.8) is 0 Å². The van der Waals surface area contributed by atoms with Crippen molar-refractivity contribution in [3.05, 3.63) is 32.8 Å². The monoisotopic (exact) mass is 298 g/mol. The van der Waals surface area contributed by atoms with Gasteiger partial charge in [0.25, 0.3) is 0 Å². The zero-order valence-electron chi connectivity index (χ0n) is 9.06. The zero-order valence-corrected chi connectivity index (χ0v) is 10.6. The molecule has 0 unspecified atom stereocenters. The Morgan fingerprint density at radius 3 is 2.88 bits per heavy atom. The van der Waals surface area contributed by atoms with Gasteiger partial charge < -0.3 is 4.74 Å². The molecule has 0 aliphatic rings. The summed E-state index contributed by atoms with van der Waals surface area (Å²) >= 11 is 3.22. The number of benzene rings is 1. The van der Waals surface area contributed by atoms with Gasteiger partial charge in [-0.05, 0) is 34.8 Å². The SMILES string of the molecule is N#CCCCCOc1c(Br)cccc1[N+](=O)[O-]. The van der Waals surface area contributed by atoms with Crippen LogP contribution in [-0.2, 0) is 0 Å². The van der Waals surface area contributed by atoms with E-state index in [4.69, 9.17) is 10.00 Å². The minimum absolute atomic E-state index is 0.0559. The van der Waals surface area contributed by atoms with Gasteiger partial charge in [-0.1, -0.05) is 6.07 Å². The molecular formula is C11H11BrN2O3. The van der Waals surface area contributed by atoms with E-state index in [0.717, 1.165) is 6.42 Å². The Labute approximate surface area is 107 Å². The molecule has 0 aliphatic carbocycles. The molecule has 0 amide bonds. The maximum Gasteiger partial charge on any atom is 0.312 e. The molecule has 0 saturated heterocycles. The predicted molar refractivity (Wildman–Crippen MR) is 65.8 cm³/mol. The molecule has 5 nitrogen and oxygen atoms in total. The molecule has 0 saturated carbocycles. The number of nitro groups is 1. The Kier molecular flexibility index (Phi) is 5.43. The van der Waals surface area contributed by atoms with Gasteiger partial charge in [0.2, 0.25) is 5.75 Å². The second-order valence-electron chi connectivity index (χ2n) is 3.31. The predicted octanol–water partition coefficient (Wildman–Crippen LogP) is 3.43. The standard InChI is InChI=1S/C11H11BrN2O3/c12-9-5-4-6-10(14(15)16)11(9)17-8-3-1-2-7-13/h4-6H,1-3,8H2. The maximum atomic E-state index is 10.8. The number of hydrogen-bond donors (Lipinski definition) is 0. The summed E-state index contributed by atoms with van der Waals surface area (Å²) in [5.74, 6) is 0.245. The zero-order chi connectivity index (χ0) is 12.7. The van der Waals surface area contributed by atoms with E-state index in [1.165, 1.54) is 6.07 Å². The van der Waals surface area contributed by atoms with Gasteiger partial charge in [-0.15, -0.1) is 0 Å². The van der Waals surface area contributed by atoms with Gasteiger partial charge in [-0.2, -0.15) is 5.26 Å². The highest BCUT2D eigenvalue weighted by Gasteiger charge is 2.17. The van der Waals surface area contributed by atoms with Gasteiger partial charge >= 0.3 is 5.69 Å². The highest BCUT2D eigenvalue weighted by Crippen LogP contribution is 2.34. The number of hydrogen-bond acceptors (Lipinski definition) is 4. The first-order valence-electron chi connectivity index (χ1n) is 5.09. The lowest BCUT2D eigenvalue weighted by Crippen LogP contribution is -2.01. The lowest BCUT2D eigenvalue weighted by Gasteiger charge is -2.07. The van der Waals surface area contributed by atoms with Crippen molar-refractivity contribution in [1.29, 1.82) is 5.26 Å². The van der Waals surface area contributed by atoms with Gasteiger partial charge in [0.15, 0.2) is 0 Å². The Balaban J connectivity index is 2.63. The number of nitro benzene ring substituents is 1. The van der Waals surface area contributed by atoms with Crippen LogP contribution in [0.15, 0.2) is 22.7 Å². The van der Waals surface area contributed by atoms with Crippen LogP contribution in [0.1, 0.15) is 19.3 Å². The third-order valence-electron chi connectivity index (χ3n) is 2.07. The largest absolute Gasteiger partial charge is 0.486 e. The molecule has 0 aliphatic heterocycles. The van der Waals surface area contributed by atoms with Crippen LogP contribution in [0.4, 0.5) is 5.69 Å². The van der Waals surface area contributed by atoms with Crippen LogP contribution >= 0.6 is 15.9 Å². The van der Waals surface area contributed by atoms with Gasteiger partial charge in [0.1, 0.15) is 0 Å². The van der Waals surface area contributed by atoms with E-state index in [2.05, 4.69) is 15.9 Å². The summed E-state index contributed by atoms with van der Waals surface area (Å²) in [5, 5.41) is 19.1. The maximum absolute atomic E-state index is 10.8. The minimum Gasteiger partial charge on any atom is -0.486 e. The number of rotatable bonds is 6. The van der Waals surface area contributed by atoms with Crippen molar-refractivity contribution in [1.82, 2.24) is 0 Å². The molecule has 1 rings (SSSR count). The van der Waals surface area contributed by atoms with Gasteiger partial charge in [0.05, 0.1) is 22.1 Å². The summed E-state index contributed by atoms with van der Waals surface area (Å²) in [6.07, 6.45) is 1.90. The second kappa shape index (κ2) is 6.86. The van der Waals surface area contributed by atoms with Crippen LogP contribution < -0.4 is 4.74 Å². The Bertz CT molecular complexity index is 443. The first kappa shape index (κ1) is 13.5. The van der Waals surface area contributed by atoms with Crippen LogP contribution in [0.25, 0.3) is 0 Å². The van der Waals surface area contributed by atoms with Crippen molar-refractivity contribution in [2.45, 2.75) is 19.3 Å². The number of nitriles is 1. The van der Waals surface area contributed by atoms with Crippen molar-refractivity contribution >= 4 is 21.6 Å². The van der Waals surface area contributed by atoms with E-state index in [1.54, 1.807) is 12.1 Å². The van der Waals surface area contributed by atoms with Crippen LogP contribution in [-0.4, -0.2) is 11.5 Å². The van der Waals surface area contributed by atoms with Crippen LogP contribution in [0.3, 0.4) is 0 Å². The smallest absolute Gasteiger partial charge is 0.312 e. The van der Waals surface area contributed by atoms with E-state index in [1.807, 2.05) is 6.07 Å². The van der Waals surface area contributed by atoms with E-state index < -0.39 is 4.92 Å². The summed E-state index contributed by atoms with van der Waals surface area (Å²) < 4.78 is 5.94. The van der Waals surface area contributed by atoms with Crippen LogP contribution in [0.2, 0.25) is 0 Å². The normalized spacial score (nSPS) is 9.65. The minimum atomic E-state index is -0.477. The highest BCUT2D eigenvalue weighted by molar-refractivity contribution is 9.10.